The summed E-state index contributed by atoms with van der Waals surface area (Å²) in [4.78, 5) is 10.0. The maximum absolute atomic E-state index is 12.9. The average molecular weight is 245 g/mol. The zero-order valence-corrected chi connectivity index (χ0v) is 9.24. The Labute approximate surface area is 96.8 Å². The molecule has 0 radical (unpaired) electrons. The highest BCUT2D eigenvalue weighted by Gasteiger charge is 2.26. The molecule has 0 aliphatic rings. The molecule has 0 heterocycles. The number of nitrogens with two attached hydrogens (primary N) is 1. The van der Waals surface area contributed by atoms with E-state index in [4.69, 9.17) is 5.73 Å². The number of halogens is 2. The molecule has 0 saturated heterocycles. The van der Waals surface area contributed by atoms with Crippen LogP contribution in [0.1, 0.15) is 5.56 Å². The van der Waals surface area contributed by atoms with Crippen molar-refractivity contribution in [1.29, 1.82) is 0 Å². The van der Waals surface area contributed by atoms with Crippen LogP contribution in [0.4, 0.5) is 20.2 Å². The van der Waals surface area contributed by atoms with Gasteiger partial charge in [0.15, 0.2) is 0 Å². The Kier molecular flexibility index (Phi) is 3.95. The van der Waals surface area contributed by atoms with E-state index in [-0.39, 0.29) is 5.69 Å². The normalized spacial score (nSPS) is 11.3. The highest BCUT2D eigenvalue weighted by Crippen LogP contribution is 2.22. The topological polar surface area (TPSA) is 81.2 Å². The van der Waals surface area contributed by atoms with Gasteiger partial charge in [-0.3, -0.25) is 10.1 Å². The van der Waals surface area contributed by atoms with Gasteiger partial charge in [0.25, 0.3) is 11.6 Å². The zero-order valence-electron chi connectivity index (χ0n) is 9.24. The number of hydrogen-bond acceptors (Lipinski definition) is 4. The van der Waals surface area contributed by atoms with Gasteiger partial charge in [0.05, 0.1) is 18.0 Å². The van der Waals surface area contributed by atoms with Gasteiger partial charge in [-0.1, -0.05) is 0 Å². The molecule has 1 aromatic carbocycles. The maximum atomic E-state index is 12.9. The van der Waals surface area contributed by atoms with E-state index in [2.05, 4.69) is 5.32 Å². The van der Waals surface area contributed by atoms with E-state index < -0.39 is 23.9 Å². The molecule has 3 N–H and O–H groups in total. The van der Waals surface area contributed by atoms with Crippen LogP contribution in [0.15, 0.2) is 18.2 Å². The van der Waals surface area contributed by atoms with Gasteiger partial charge in [-0.2, -0.15) is 0 Å². The molecular formula is C10H13F2N3O2. The molecule has 5 nitrogen and oxygen atoms in total. The van der Waals surface area contributed by atoms with Crippen LogP contribution in [-0.4, -0.2) is 23.9 Å². The lowest BCUT2D eigenvalue weighted by molar-refractivity contribution is -0.385. The molecule has 0 saturated carbocycles. The molecule has 94 valence electrons. The lowest BCUT2D eigenvalue weighted by atomic mass is 10.2. The van der Waals surface area contributed by atoms with Crippen molar-refractivity contribution in [3.63, 3.8) is 0 Å². The fourth-order valence-corrected chi connectivity index (χ4v) is 1.27. The summed E-state index contributed by atoms with van der Waals surface area (Å²) in [6, 6.07) is 4.11. The maximum Gasteiger partial charge on any atom is 0.276 e. The molecule has 0 fully saturated rings. The predicted octanol–water partition coefficient (Wildman–Crippen LogP) is 1.91. The fourth-order valence-electron chi connectivity index (χ4n) is 1.27. The van der Waals surface area contributed by atoms with Gasteiger partial charge in [0.1, 0.15) is 0 Å². The smallest absolute Gasteiger partial charge is 0.276 e. The summed E-state index contributed by atoms with van der Waals surface area (Å²) in [7, 11) is 0. The monoisotopic (exact) mass is 245 g/mol. The summed E-state index contributed by atoms with van der Waals surface area (Å²) < 4.78 is 25.7. The molecule has 0 atom stereocenters. The van der Waals surface area contributed by atoms with E-state index in [1.54, 1.807) is 6.92 Å². The van der Waals surface area contributed by atoms with Crippen LogP contribution in [0.3, 0.4) is 0 Å². The molecule has 0 bridgehead atoms. The lowest BCUT2D eigenvalue weighted by Gasteiger charge is -2.15. The number of hydrogen-bond donors (Lipinski definition) is 2. The van der Waals surface area contributed by atoms with Gasteiger partial charge in [-0.15, -0.1) is 0 Å². The standard InChI is InChI=1S/C10H13F2N3O2/c1-7-4-8(2-3-9(7)15(16)17)14-6-10(11,12)5-13/h2-4,14H,5-6,13H2,1H3. The van der Waals surface area contributed by atoms with E-state index in [1.165, 1.54) is 18.2 Å². The van der Waals surface area contributed by atoms with E-state index in [9.17, 15) is 18.9 Å². The molecule has 0 spiro atoms. The summed E-state index contributed by atoms with van der Waals surface area (Å²) in [6.45, 7) is 0.205. The average Bonchev–Trinajstić information content (AvgIpc) is 2.26. The number of nitrogens with one attached hydrogen (secondary N) is 1. The summed E-state index contributed by atoms with van der Waals surface area (Å²) in [5, 5.41) is 13.0. The lowest BCUT2D eigenvalue weighted by Crippen LogP contribution is -2.35. The van der Waals surface area contributed by atoms with Crippen molar-refractivity contribution >= 4 is 11.4 Å². The van der Waals surface area contributed by atoms with Crippen molar-refractivity contribution in [3.05, 3.63) is 33.9 Å². The molecule has 7 heteroatoms. The minimum absolute atomic E-state index is 0.0406. The fraction of sp³-hybridized carbons (Fsp3) is 0.400. The Balaban J connectivity index is 2.75. The molecule has 0 aromatic heterocycles. The number of alkyl halides is 2. The Bertz CT molecular complexity index is 424. The molecule has 0 amide bonds. The first-order chi connectivity index (χ1) is 7.85. The Morgan fingerprint density at radius 2 is 2.18 bits per heavy atom. The number of rotatable bonds is 5. The summed E-state index contributed by atoms with van der Waals surface area (Å²) in [5.41, 5.74) is 5.66. The minimum Gasteiger partial charge on any atom is -0.379 e. The second kappa shape index (κ2) is 5.05. The van der Waals surface area contributed by atoms with Crippen molar-refractivity contribution in [3.8, 4) is 0 Å². The van der Waals surface area contributed by atoms with E-state index in [0.29, 0.717) is 11.3 Å². The van der Waals surface area contributed by atoms with Crippen LogP contribution in [0.25, 0.3) is 0 Å². The predicted molar refractivity (Wildman–Crippen MR) is 60.3 cm³/mol. The van der Waals surface area contributed by atoms with Crippen LogP contribution < -0.4 is 11.1 Å². The molecule has 1 aromatic rings. The van der Waals surface area contributed by atoms with Crippen molar-refractivity contribution in [2.75, 3.05) is 18.4 Å². The molecule has 0 aliphatic carbocycles. The number of aryl methyl sites for hydroxylation is 1. The highest BCUT2D eigenvalue weighted by molar-refractivity contribution is 5.53. The summed E-state index contributed by atoms with van der Waals surface area (Å²) in [6.07, 6.45) is 0. The molecule has 17 heavy (non-hydrogen) atoms. The molecule has 1 rings (SSSR count). The third-order valence-corrected chi connectivity index (χ3v) is 2.24. The number of benzene rings is 1. The van der Waals surface area contributed by atoms with Crippen LogP contribution in [0.2, 0.25) is 0 Å². The molecule has 0 aliphatic heterocycles. The van der Waals surface area contributed by atoms with Crippen molar-refractivity contribution in [2.45, 2.75) is 12.8 Å². The first-order valence-electron chi connectivity index (χ1n) is 4.92. The van der Waals surface area contributed by atoms with Crippen LogP contribution in [-0.2, 0) is 0 Å². The second-order valence-electron chi connectivity index (χ2n) is 3.67. The third-order valence-electron chi connectivity index (χ3n) is 2.24. The summed E-state index contributed by atoms with van der Waals surface area (Å²) in [5.74, 6) is -2.99. The first kappa shape index (κ1) is 13.3. The first-order valence-corrected chi connectivity index (χ1v) is 4.92. The van der Waals surface area contributed by atoms with Gasteiger partial charge in [0, 0.05) is 17.3 Å². The van der Waals surface area contributed by atoms with Gasteiger partial charge >= 0.3 is 0 Å². The van der Waals surface area contributed by atoms with Crippen molar-refractivity contribution in [2.24, 2.45) is 5.73 Å². The second-order valence-corrected chi connectivity index (χ2v) is 3.67. The highest BCUT2D eigenvalue weighted by atomic mass is 19.3. The van der Waals surface area contributed by atoms with E-state index in [1.807, 2.05) is 0 Å². The summed E-state index contributed by atoms with van der Waals surface area (Å²) >= 11 is 0. The SMILES string of the molecule is Cc1cc(NCC(F)(F)CN)ccc1[N+](=O)[O-]. The number of anilines is 1. The number of nitrogens with zero attached hydrogens (tertiary/aromatic N) is 1. The van der Waals surface area contributed by atoms with Gasteiger partial charge in [0.2, 0.25) is 0 Å². The Morgan fingerprint density at radius 3 is 2.65 bits per heavy atom. The van der Waals surface area contributed by atoms with Crippen LogP contribution in [0.5, 0.6) is 0 Å². The van der Waals surface area contributed by atoms with Crippen LogP contribution in [0, 0.1) is 17.0 Å². The number of nitro benzene ring substituents is 1. The Morgan fingerprint density at radius 1 is 1.53 bits per heavy atom. The van der Waals surface area contributed by atoms with Crippen molar-refractivity contribution in [1.82, 2.24) is 0 Å². The zero-order chi connectivity index (χ0) is 13.1. The van der Waals surface area contributed by atoms with Gasteiger partial charge < -0.3 is 11.1 Å². The Hall–Kier alpha value is -1.76. The largest absolute Gasteiger partial charge is 0.379 e. The van der Waals surface area contributed by atoms with Gasteiger partial charge in [-0.05, 0) is 19.1 Å². The number of nitro groups is 1. The minimum atomic E-state index is -2.99. The van der Waals surface area contributed by atoms with E-state index in [0.717, 1.165) is 0 Å². The molecule has 0 unspecified atom stereocenters. The third kappa shape index (κ3) is 3.63. The molecular weight excluding hydrogens is 232 g/mol. The van der Waals surface area contributed by atoms with Crippen LogP contribution >= 0.6 is 0 Å². The van der Waals surface area contributed by atoms with Crippen molar-refractivity contribution < 1.29 is 13.7 Å². The quantitative estimate of drug-likeness (QED) is 0.613. The van der Waals surface area contributed by atoms with E-state index >= 15 is 0 Å². The van der Waals surface area contributed by atoms with Gasteiger partial charge in [-0.25, -0.2) is 8.78 Å².